The van der Waals surface area contributed by atoms with Crippen molar-refractivity contribution in [2.45, 2.75) is 159 Å². The first-order chi connectivity index (χ1) is 46.5. The lowest BCUT2D eigenvalue weighted by Crippen LogP contribution is -2.60. The SMILES string of the molecule is CC(C)C[C@H](N)C(=O)N[C@@H](Cc1ccc(O)cc1)C(=O)N[C@@H](CCCN=C(N)N)C(=O)N[C@@H](C)C(=O)NCC(=O)N[C@@H](C)C(=O)NCC(=O)N[C@@H](CS)C(=O)N[C@@H](CCCN=C(N)N)C(=O)N[C@@H](C)C(=O)N[C@@H](CCC(=O)O)C(=O)N[C@@H](Cc1ccc(O)cc1)C(=O)N[C@@H](CO)C(N)=O. The highest BCUT2D eigenvalue weighted by molar-refractivity contribution is 7.80. The second-order valence-electron chi connectivity index (χ2n) is 23.2. The molecule has 2 aromatic carbocycles. The van der Waals surface area contributed by atoms with Crippen molar-refractivity contribution in [3.63, 3.8) is 0 Å². The number of primary amides is 1. The molecule has 38 nitrogen and oxygen atoms in total. The third kappa shape index (κ3) is 33.3. The molecule has 28 N–H and O–H groups in total. The minimum absolute atomic E-state index is 0.0414. The summed E-state index contributed by atoms with van der Waals surface area (Å²) in [5, 5.41) is 67.4. The van der Waals surface area contributed by atoms with Crippen molar-refractivity contribution in [1.82, 2.24) is 63.8 Å². The van der Waals surface area contributed by atoms with E-state index < -0.39 is 182 Å². The minimum Gasteiger partial charge on any atom is -0.508 e. The lowest BCUT2D eigenvalue weighted by atomic mass is 10.0. The maximum absolute atomic E-state index is 13.9. The summed E-state index contributed by atoms with van der Waals surface area (Å²) < 4.78 is 0. The van der Waals surface area contributed by atoms with E-state index in [4.69, 9.17) is 34.4 Å². The van der Waals surface area contributed by atoms with E-state index in [9.17, 15) is 87.5 Å². The first kappa shape index (κ1) is 84.5. The summed E-state index contributed by atoms with van der Waals surface area (Å²) >= 11 is 4.15. The maximum Gasteiger partial charge on any atom is 0.303 e. The normalized spacial score (nSPS) is 14.2. The van der Waals surface area contributed by atoms with E-state index >= 15 is 0 Å². The van der Waals surface area contributed by atoms with Crippen LogP contribution in [0.15, 0.2) is 58.5 Å². The number of carbonyl (C=O) groups excluding carboxylic acids is 13. The number of phenols is 2. The minimum atomic E-state index is -1.68. The highest BCUT2D eigenvalue weighted by atomic mass is 32.1. The van der Waals surface area contributed by atoms with E-state index in [2.05, 4.69) is 86.4 Å². The second-order valence-corrected chi connectivity index (χ2v) is 23.6. The number of phenolic OH excluding ortho intramolecular Hbond substituents is 2. The van der Waals surface area contributed by atoms with E-state index in [1.54, 1.807) is 0 Å². The molecule has 0 heterocycles. The number of aliphatic hydroxyl groups is 1. The van der Waals surface area contributed by atoms with Crippen molar-refractivity contribution < 1.29 is 87.5 Å². The number of nitrogens with one attached hydrogen (secondary N) is 12. The fourth-order valence-corrected chi connectivity index (χ4v) is 9.18. The first-order valence-corrected chi connectivity index (χ1v) is 31.9. The van der Waals surface area contributed by atoms with Crippen molar-refractivity contribution in [2.24, 2.45) is 50.3 Å². The van der Waals surface area contributed by atoms with Crippen LogP contribution in [0.25, 0.3) is 0 Å². The number of aliphatic carboxylic acids is 1. The molecular weight excluding hydrogens is 1320 g/mol. The predicted octanol–water partition coefficient (Wildman–Crippen LogP) is -8.22. The molecule has 0 radical (unpaired) electrons. The molecule has 0 aliphatic rings. The summed E-state index contributed by atoms with van der Waals surface area (Å²) in [7, 11) is 0. The average molecular weight is 1420 g/mol. The first-order valence-electron chi connectivity index (χ1n) is 31.3. The monoisotopic (exact) mass is 1410 g/mol. The Morgan fingerprint density at radius 1 is 0.444 bits per heavy atom. The summed E-state index contributed by atoms with van der Waals surface area (Å²) in [5.74, 6) is -14.6. The molecule has 11 atom stereocenters. The van der Waals surface area contributed by atoms with Gasteiger partial charge in [-0.15, -0.1) is 0 Å². The molecule has 0 saturated carbocycles. The third-order valence-electron chi connectivity index (χ3n) is 14.3. The number of benzene rings is 2. The number of guanidine groups is 2. The number of carboxylic acid groups (broad SMARTS) is 1. The van der Waals surface area contributed by atoms with Gasteiger partial charge in [0.1, 0.15) is 71.9 Å². The zero-order valence-corrected chi connectivity index (χ0v) is 56.4. The molecule has 0 spiro atoms. The van der Waals surface area contributed by atoms with Gasteiger partial charge in [-0.25, -0.2) is 0 Å². The Labute approximate surface area is 575 Å². The maximum atomic E-state index is 13.9. The topological polar surface area (TPSA) is 645 Å². The lowest BCUT2D eigenvalue weighted by Gasteiger charge is -2.26. The largest absolute Gasteiger partial charge is 0.508 e. The van der Waals surface area contributed by atoms with Crippen molar-refractivity contribution >= 4 is 107 Å². The van der Waals surface area contributed by atoms with Crippen LogP contribution in [0.4, 0.5) is 0 Å². The lowest BCUT2D eigenvalue weighted by molar-refractivity contribution is -0.138. The molecule has 0 aliphatic carbocycles. The Morgan fingerprint density at radius 2 is 0.798 bits per heavy atom. The van der Waals surface area contributed by atoms with E-state index in [0.717, 1.165) is 0 Å². The summed E-state index contributed by atoms with van der Waals surface area (Å²) in [6, 6.07) is -4.28. The van der Waals surface area contributed by atoms with Gasteiger partial charge in [0.15, 0.2) is 11.9 Å². The van der Waals surface area contributed by atoms with Gasteiger partial charge in [-0.2, -0.15) is 12.6 Å². The zero-order valence-electron chi connectivity index (χ0n) is 55.5. The standard InChI is InChI=1S/C60H94N20O18S/c1-29(2)22-37(61)52(92)78-41(23-33-10-14-35(82)15-11-33)56(96)76-38(8-6-20-67-59(63)64)53(93)72-31(4)50(90)69-25-45(84)71-30(3)49(89)70-26-46(85)74-44(28-99)58(98)77-39(9-7-21-68-60(65)66)54(94)73-32(5)51(91)75-40(18-19-47(86)87)55(95)79-42(24-34-12-16-36(83)17-13-34)57(97)80-43(27-81)48(62)88/h10-17,29-32,37-44,81-83,99H,6-9,18-28,61H2,1-5H3,(H2,62,88)(H,69,90)(H,70,89)(H,71,84)(H,72,93)(H,73,94)(H,74,85)(H,75,91)(H,76,96)(H,77,98)(H,78,92)(H,79,95)(H,80,97)(H,86,87)(H4,63,64,67)(H4,65,66,68)/t30-,31-,32-,37-,38-,39-,40-,41-,42-,43-,44-/m0/s1. The number of nitrogens with zero attached hydrogens (tertiary/aromatic N) is 2. The fraction of sp³-hybridized carbons (Fsp3) is 0.533. The molecule has 0 bridgehead atoms. The number of nitrogens with two attached hydrogens (primary N) is 6. The summed E-state index contributed by atoms with van der Waals surface area (Å²) in [4.78, 5) is 193. The number of rotatable bonds is 44. The Hall–Kier alpha value is -10.6. The van der Waals surface area contributed by atoms with Crippen molar-refractivity contribution in [1.29, 1.82) is 0 Å². The number of hydrogen-bond acceptors (Lipinski definition) is 21. The van der Waals surface area contributed by atoms with Crippen LogP contribution in [-0.2, 0) is 80.0 Å². The van der Waals surface area contributed by atoms with Gasteiger partial charge < -0.3 is 119 Å². The van der Waals surface area contributed by atoms with Crippen LogP contribution >= 0.6 is 12.6 Å². The molecule has 39 heteroatoms. The van der Waals surface area contributed by atoms with Crippen LogP contribution in [-0.4, -0.2) is 220 Å². The van der Waals surface area contributed by atoms with Gasteiger partial charge in [0.05, 0.1) is 25.7 Å². The fourth-order valence-electron chi connectivity index (χ4n) is 8.92. The Morgan fingerprint density at radius 3 is 1.20 bits per heavy atom. The van der Waals surface area contributed by atoms with E-state index in [1.165, 1.54) is 69.3 Å². The Balaban J connectivity index is 2.12. The van der Waals surface area contributed by atoms with Crippen molar-refractivity contribution in [2.75, 3.05) is 38.5 Å². The van der Waals surface area contributed by atoms with Gasteiger partial charge in [-0.05, 0) is 101 Å². The van der Waals surface area contributed by atoms with Crippen LogP contribution in [0.2, 0.25) is 0 Å². The molecule has 0 saturated heterocycles. The number of aliphatic hydroxyl groups excluding tert-OH is 1. The number of aromatic hydroxyl groups is 2. The molecule has 0 unspecified atom stereocenters. The van der Waals surface area contributed by atoms with E-state index in [-0.39, 0.29) is 86.7 Å². The van der Waals surface area contributed by atoms with Gasteiger partial charge in [-0.1, -0.05) is 38.1 Å². The van der Waals surface area contributed by atoms with Gasteiger partial charge in [0, 0.05) is 38.1 Å². The molecule has 2 rings (SSSR count). The molecule has 99 heavy (non-hydrogen) atoms. The molecule has 2 aromatic rings. The number of hydrogen-bond donors (Lipinski definition) is 23. The Kier molecular flexibility index (Phi) is 37.2. The van der Waals surface area contributed by atoms with Crippen LogP contribution in [0.1, 0.15) is 90.7 Å². The van der Waals surface area contributed by atoms with Gasteiger partial charge in [0.2, 0.25) is 76.8 Å². The number of amides is 13. The van der Waals surface area contributed by atoms with Crippen molar-refractivity contribution in [3.8, 4) is 11.5 Å². The van der Waals surface area contributed by atoms with Crippen LogP contribution in [0.5, 0.6) is 11.5 Å². The molecule has 13 amide bonds. The number of carbonyl (C=O) groups is 14. The quantitative estimate of drug-likeness (QED) is 0.0127. The number of carboxylic acids is 1. The predicted molar refractivity (Wildman–Crippen MR) is 360 cm³/mol. The number of thiol groups is 1. The van der Waals surface area contributed by atoms with Gasteiger partial charge >= 0.3 is 5.97 Å². The second kappa shape index (κ2) is 43.6. The van der Waals surface area contributed by atoms with Crippen LogP contribution < -0.4 is 98.2 Å². The molecule has 0 aliphatic heterocycles. The average Bonchev–Trinajstić information content (AvgIpc) is 0.879. The number of aliphatic imine (C=N–C) groups is 2. The van der Waals surface area contributed by atoms with Crippen LogP contribution in [0.3, 0.4) is 0 Å². The van der Waals surface area contributed by atoms with Gasteiger partial charge in [-0.3, -0.25) is 77.1 Å². The van der Waals surface area contributed by atoms with Crippen molar-refractivity contribution in [3.05, 3.63) is 59.7 Å². The van der Waals surface area contributed by atoms with Crippen LogP contribution in [0, 0.1) is 5.92 Å². The summed E-state index contributed by atoms with van der Waals surface area (Å²) in [5.41, 5.74) is 34.1. The zero-order chi connectivity index (χ0) is 74.6. The highest BCUT2D eigenvalue weighted by Gasteiger charge is 2.34. The van der Waals surface area contributed by atoms with E-state index in [1.807, 2.05) is 13.8 Å². The smallest absolute Gasteiger partial charge is 0.303 e. The van der Waals surface area contributed by atoms with Gasteiger partial charge in [0.25, 0.3) is 0 Å². The summed E-state index contributed by atoms with van der Waals surface area (Å²) in [6.07, 6.45) is -1.34. The molecular formula is C60H94N20O18S. The molecule has 0 fully saturated rings. The van der Waals surface area contributed by atoms with E-state index in [0.29, 0.717) is 17.5 Å². The Bertz CT molecular complexity index is 3170. The molecule has 548 valence electrons. The summed E-state index contributed by atoms with van der Waals surface area (Å²) in [6.45, 7) is 5.03. The highest BCUT2D eigenvalue weighted by Crippen LogP contribution is 2.15. The molecule has 0 aromatic heterocycles. The third-order valence-corrected chi connectivity index (χ3v) is 14.7.